The Labute approximate surface area is 72.6 Å². The van der Waals surface area contributed by atoms with Gasteiger partial charge in [0.1, 0.15) is 0 Å². The van der Waals surface area contributed by atoms with Crippen molar-refractivity contribution in [1.29, 1.82) is 0 Å². The largest absolute Gasteiger partial charge is 0.0877 e. The number of hydrogen-bond acceptors (Lipinski definition) is 0. The third-order valence-electron chi connectivity index (χ3n) is 0.637. The highest BCUT2D eigenvalue weighted by Gasteiger charge is 1.72. The van der Waals surface area contributed by atoms with Crippen LogP contribution in [0.5, 0.6) is 0 Å². The van der Waals surface area contributed by atoms with Gasteiger partial charge in [-0.15, -0.1) is 0 Å². The van der Waals surface area contributed by atoms with Gasteiger partial charge in [0.05, 0.1) is 3.39 Å². The highest BCUT2D eigenvalue weighted by Crippen LogP contribution is 2.11. The standard InChI is InChI=1S/C7H8Br2/c1-2-3-4-5-6-7(8)9/h2-6H,1H3/b3-2+,5-4+. The lowest BCUT2D eigenvalue weighted by molar-refractivity contribution is 1.73. The maximum Gasteiger partial charge on any atom is 0.0604 e. The minimum atomic E-state index is 0.954. The van der Waals surface area contributed by atoms with Crippen molar-refractivity contribution in [2.24, 2.45) is 0 Å². The smallest absolute Gasteiger partial charge is 0.0604 e. The van der Waals surface area contributed by atoms with Gasteiger partial charge in [0, 0.05) is 0 Å². The minimum Gasteiger partial charge on any atom is -0.0877 e. The van der Waals surface area contributed by atoms with Crippen molar-refractivity contribution < 1.29 is 0 Å². The predicted octanol–water partition coefficient (Wildman–Crippen LogP) is 3.75. The van der Waals surface area contributed by atoms with Crippen LogP contribution in [0.3, 0.4) is 0 Å². The van der Waals surface area contributed by atoms with Crippen LogP contribution in [0.1, 0.15) is 6.92 Å². The minimum absolute atomic E-state index is 0.954. The molecule has 0 saturated carbocycles. The van der Waals surface area contributed by atoms with Crippen molar-refractivity contribution >= 4 is 31.9 Å². The molecule has 0 radical (unpaired) electrons. The molecule has 50 valence electrons. The van der Waals surface area contributed by atoms with E-state index in [1.54, 1.807) is 0 Å². The van der Waals surface area contributed by atoms with E-state index >= 15 is 0 Å². The average molecular weight is 252 g/mol. The molecule has 0 fully saturated rings. The van der Waals surface area contributed by atoms with E-state index in [0.717, 1.165) is 3.39 Å². The van der Waals surface area contributed by atoms with Crippen LogP contribution in [0.2, 0.25) is 0 Å². The summed E-state index contributed by atoms with van der Waals surface area (Å²) in [5, 5.41) is 0. The van der Waals surface area contributed by atoms with E-state index in [1.807, 2.05) is 37.3 Å². The van der Waals surface area contributed by atoms with Gasteiger partial charge in [-0.3, -0.25) is 0 Å². The lowest BCUT2D eigenvalue weighted by Crippen LogP contribution is -1.49. The fourth-order valence-electron chi connectivity index (χ4n) is 0.304. The Morgan fingerprint density at radius 2 is 1.78 bits per heavy atom. The summed E-state index contributed by atoms with van der Waals surface area (Å²) in [6.07, 6.45) is 9.77. The zero-order valence-electron chi connectivity index (χ0n) is 5.14. The Hall–Kier alpha value is 0.180. The maximum absolute atomic E-state index is 3.23. The molecular weight excluding hydrogens is 244 g/mol. The summed E-state index contributed by atoms with van der Waals surface area (Å²) in [4.78, 5) is 0. The Morgan fingerprint density at radius 1 is 1.11 bits per heavy atom. The fourth-order valence-corrected chi connectivity index (χ4v) is 0.609. The maximum atomic E-state index is 3.23. The van der Waals surface area contributed by atoms with Gasteiger partial charge in [0.15, 0.2) is 0 Å². The molecule has 0 nitrogen and oxygen atoms in total. The predicted molar refractivity (Wildman–Crippen MR) is 49.9 cm³/mol. The van der Waals surface area contributed by atoms with Gasteiger partial charge >= 0.3 is 0 Å². The molecular formula is C7H8Br2. The van der Waals surface area contributed by atoms with Gasteiger partial charge < -0.3 is 0 Å². The van der Waals surface area contributed by atoms with E-state index in [1.165, 1.54) is 0 Å². The Morgan fingerprint density at radius 3 is 2.22 bits per heavy atom. The van der Waals surface area contributed by atoms with E-state index in [9.17, 15) is 0 Å². The summed E-state index contributed by atoms with van der Waals surface area (Å²) in [5.41, 5.74) is 0. The topological polar surface area (TPSA) is 0 Å². The zero-order valence-corrected chi connectivity index (χ0v) is 8.31. The monoisotopic (exact) mass is 250 g/mol. The molecule has 0 spiro atoms. The van der Waals surface area contributed by atoms with Crippen LogP contribution in [0.15, 0.2) is 33.8 Å². The van der Waals surface area contributed by atoms with Crippen molar-refractivity contribution in [1.82, 2.24) is 0 Å². The molecule has 0 N–H and O–H groups in total. The molecule has 0 aromatic rings. The second kappa shape index (κ2) is 6.30. The van der Waals surface area contributed by atoms with E-state index in [-0.39, 0.29) is 0 Å². The van der Waals surface area contributed by atoms with Crippen molar-refractivity contribution in [2.45, 2.75) is 6.92 Å². The molecule has 0 bridgehead atoms. The Balaban J connectivity index is 3.60. The molecule has 0 amide bonds. The first-order chi connectivity index (χ1) is 4.27. The lowest BCUT2D eigenvalue weighted by Gasteiger charge is -1.74. The molecule has 2 heteroatoms. The first-order valence-corrected chi connectivity index (χ1v) is 4.16. The SMILES string of the molecule is C/C=C/C=C/C=C(Br)Br. The highest BCUT2D eigenvalue weighted by molar-refractivity contribution is 9.28. The molecule has 0 aliphatic rings. The third-order valence-corrected chi connectivity index (χ3v) is 1.17. The van der Waals surface area contributed by atoms with Gasteiger partial charge in [0.25, 0.3) is 0 Å². The van der Waals surface area contributed by atoms with Gasteiger partial charge in [-0.05, 0) is 44.9 Å². The van der Waals surface area contributed by atoms with E-state index in [2.05, 4.69) is 31.9 Å². The van der Waals surface area contributed by atoms with Crippen molar-refractivity contribution in [3.05, 3.63) is 33.8 Å². The van der Waals surface area contributed by atoms with Crippen LogP contribution in [0.4, 0.5) is 0 Å². The third kappa shape index (κ3) is 8.18. The van der Waals surface area contributed by atoms with Gasteiger partial charge in [-0.25, -0.2) is 0 Å². The van der Waals surface area contributed by atoms with Crippen LogP contribution in [-0.2, 0) is 0 Å². The molecule has 0 aromatic heterocycles. The van der Waals surface area contributed by atoms with Crippen molar-refractivity contribution in [3.63, 3.8) is 0 Å². The quantitative estimate of drug-likeness (QED) is 0.656. The van der Waals surface area contributed by atoms with Gasteiger partial charge in [-0.1, -0.05) is 24.3 Å². The molecule has 0 unspecified atom stereocenters. The lowest BCUT2D eigenvalue weighted by atomic mass is 10.4. The summed E-state index contributed by atoms with van der Waals surface area (Å²) in [6.45, 7) is 1.98. The van der Waals surface area contributed by atoms with E-state index in [0.29, 0.717) is 0 Å². The summed E-state index contributed by atoms with van der Waals surface area (Å²) in [6, 6.07) is 0. The van der Waals surface area contributed by atoms with Crippen LogP contribution in [0.25, 0.3) is 0 Å². The number of allylic oxidation sites excluding steroid dienone is 5. The van der Waals surface area contributed by atoms with E-state index in [4.69, 9.17) is 0 Å². The summed E-state index contributed by atoms with van der Waals surface area (Å²) in [5.74, 6) is 0. The first kappa shape index (κ1) is 9.18. The summed E-state index contributed by atoms with van der Waals surface area (Å²) >= 11 is 6.46. The Kier molecular flexibility index (Phi) is 6.43. The van der Waals surface area contributed by atoms with Gasteiger partial charge in [-0.2, -0.15) is 0 Å². The van der Waals surface area contributed by atoms with Crippen LogP contribution < -0.4 is 0 Å². The molecule has 0 aliphatic carbocycles. The molecule has 0 aromatic carbocycles. The Bertz CT molecular complexity index is 139. The molecule has 0 aliphatic heterocycles. The molecule has 0 saturated heterocycles. The highest BCUT2D eigenvalue weighted by atomic mass is 79.9. The van der Waals surface area contributed by atoms with Crippen LogP contribution in [-0.4, -0.2) is 0 Å². The van der Waals surface area contributed by atoms with E-state index < -0.39 is 0 Å². The normalized spacial score (nSPS) is 11.0. The molecule has 0 rings (SSSR count). The first-order valence-electron chi connectivity index (χ1n) is 2.58. The number of rotatable bonds is 2. The fraction of sp³-hybridized carbons (Fsp3) is 0.143. The molecule has 0 heterocycles. The zero-order chi connectivity index (χ0) is 7.11. The number of halogens is 2. The second-order valence-corrected chi connectivity index (χ2v) is 4.14. The number of hydrogen-bond donors (Lipinski definition) is 0. The molecule has 9 heavy (non-hydrogen) atoms. The molecule has 0 atom stereocenters. The van der Waals surface area contributed by atoms with Crippen LogP contribution >= 0.6 is 31.9 Å². The van der Waals surface area contributed by atoms with Crippen molar-refractivity contribution in [2.75, 3.05) is 0 Å². The average Bonchev–Trinajstić information content (AvgIpc) is 1.80. The van der Waals surface area contributed by atoms with Gasteiger partial charge in [0.2, 0.25) is 0 Å². The second-order valence-electron chi connectivity index (χ2n) is 1.37. The van der Waals surface area contributed by atoms with Crippen molar-refractivity contribution in [3.8, 4) is 0 Å². The summed E-state index contributed by atoms with van der Waals surface area (Å²) in [7, 11) is 0. The summed E-state index contributed by atoms with van der Waals surface area (Å²) < 4.78 is 0.954. The van der Waals surface area contributed by atoms with Crippen LogP contribution in [0, 0.1) is 0 Å².